The molecule has 1 aromatic heterocycles. The van der Waals surface area contributed by atoms with Crippen molar-refractivity contribution in [2.75, 3.05) is 19.0 Å². The molecule has 2 N–H and O–H groups in total. The molecular weight excluding hydrogens is 314 g/mol. The summed E-state index contributed by atoms with van der Waals surface area (Å²) in [5.41, 5.74) is 5.24. The SMILES string of the molecule is CN(C)c1ccc(-c2[nH]c(=S)[nH]c2-c2ccc(Cl)cc2)cc1. The zero-order valence-corrected chi connectivity index (χ0v) is 13.9. The van der Waals surface area contributed by atoms with Gasteiger partial charge in [0.1, 0.15) is 0 Å². The number of benzene rings is 2. The van der Waals surface area contributed by atoms with E-state index in [9.17, 15) is 0 Å². The number of imidazole rings is 1. The normalized spacial score (nSPS) is 10.7. The molecule has 0 aliphatic rings. The van der Waals surface area contributed by atoms with Gasteiger partial charge in [0, 0.05) is 35.9 Å². The highest BCUT2D eigenvalue weighted by Gasteiger charge is 2.10. The smallest absolute Gasteiger partial charge is 0.175 e. The van der Waals surface area contributed by atoms with Crippen molar-refractivity contribution in [3.05, 3.63) is 58.3 Å². The summed E-state index contributed by atoms with van der Waals surface area (Å²) in [7, 11) is 4.05. The van der Waals surface area contributed by atoms with Crippen molar-refractivity contribution in [3.63, 3.8) is 0 Å². The topological polar surface area (TPSA) is 34.8 Å². The average molecular weight is 330 g/mol. The quantitative estimate of drug-likeness (QED) is 0.654. The van der Waals surface area contributed by atoms with Gasteiger partial charge in [-0.05, 0) is 36.5 Å². The molecule has 3 rings (SSSR count). The van der Waals surface area contributed by atoms with Gasteiger partial charge in [-0.3, -0.25) is 0 Å². The molecule has 0 spiro atoms. The van der Waals surface area contributed by atoms with Crippen LogP contribution in [0.3, 0.4) is 0 Å². The molecule has 2 aromatic carbocycles. The maximum atomic E-state index is 5.96. The first-order valence-electron chi connectivity index (χ1n) is 6.90. The minimum absolute atomic E-state index is 0.608. The zero-order chi connectivity index (χ0) is 15.7. The second-order valence-electron chi connectivity index (χ2n) is 5.28. The minimum atomic E-state index is 0.608. The molecule has 22 heavy (non-hydrogen) atoms. The molecule has 0 amide bonds. The van der Waals surface area contributed by atoms with Gasteiger partial charge >= 0.3 is 0 Å². The summed E-state index contributed by atoms with van der Waals surface area (Å²) in [4.78, 5) is 8.53. The summed E-state index contributed by atoms with van der Waals surface area (Å²) in [6.45, 7) is 0. The summed E-state index contributed by atoms with van der Waals surface area (Å²) < 4.78 is 0.608. The van der Waals surface area contributed by atoms with Crippen molar-refractivity contribution in [3.8, 4) is 22.5 Å². The third kappa shape index (κ3) is 2.93. The third-order valence-corrected chi connectivity index (χ3v) is 3.99. The van der Waals surface area contributed by atoms with Gasteiger partial charge in [0.25, 0.3) is 0 Å². The van der Waals surface area contributed by atoms with Gasteiger partial charge in [-0.1, -0.05) is 35.9 Å². The Labute approximate surface area is 139 Å². The number of aromatic nitrogens is 2. The fraction of sp³-hybridized carbons (Fsp3) is 0.118. The predicted molar refractivity (Wildman–Crippen MR) is 96.2 cm³/mol. The second-order valence-corrected chi connectivity index (χ2v) is 6.12. The molecule has 0 saturated heterocycles. The minimum Gasteiger partial charge on any atom is -0.378 e. The Bertz CT molecular complexity index is 830. The van der Waals surface area contributed by atoms with Crippen molar-refractivity contribution in [2.24, 2.45) is 0 Å². The van der Waals surface area contributed by atoms with E-state index in [-0.39, 0.29) is 0 Å². The Kier molecular flexibility index (Phi) is 4.05. The van der Waals surface area contributed by atoms with E-state index in [0.29, 0.717) is 4.77 Å². The van der Waals surface area contributed by atoms with Crippen LogP contribution < -0.4 is 4.90 Å². The number of anilines is 1. The molecule has 112 valence electrons. The van der Waals surface area contributed by atoms with E-state index >= 15 is 0 Å². The number of H-pyrrole nitrogens is 2. The fourth-order valence-corrected chi connectivity index (χ4v) is 2.69. The first-order valence-corrected chi connectivity index (χ1v) is 7.69. The lowest BCUT2D eigenvalue weighted by Gasteiger charge is -2.12. The van der Waals surface area contributed by atoms with Crippen LogP contribution in [0.15, 0.2) is 48.5 Å². The van der Waals surface area contributed by atoms with Gasteiger partial charge in [-0.2, -0.15) is 0 Å². The maximum absolute atomic E-state index is 5.96. The first-order chi connectivity index (χ1) is 10.5. The molecule has 5 heteroatoms. The summed E-state index contributed by atoms with van der Waals surface area (Å²) >= 11 is 11.2. The van der Waals surface area contributed by atoms with Crippen LogP contribution in [0.1, 0.15) is 0 Å². The predicted octanol–water partition coefficient (Wildman–Crippen LogP) is 5.13. The van der Waals surface area contributed by atoms with Crippen LogP contribution >= 0.6 is 23.8 Å². The number of hydrogen-bond donors (Lipinski definition) is 2. The molecule has 0 saturated carbocycles. The number of hydrogen-bond acceptors (Lipinski definition) is 2. The van der Waals surface area contributed by atoms with Crippen molar-refractivity contribution < 1.29 is 0 Å². The number of rotatable bonds is 3. The number of halogens is 1. The monoisotopic (exact) mass is 329 g/mol. The number of nitrogens with zero attached hydrogens (tertiary/aromatic N) is 1. The Morgan fingerprint density at radius 2 is 1.27 bits per heavy atom. The Balaban J connectivity index is 2.08. The standard InChI is InChI=1S/C17H16ClN3S/c1-21(2)14-9-5-12(6-10-14)16-15(19-17(22)20-16)11-3-7-13(18)8-4-11/h3-10H,1-2H3,(H2,19,20,22). The van der Waals surface area contributed by atoms with E-state index in [1.165, 1.54) is 0 Å². The molecule has 3 aromatic rings. The second kappa shape index (κ2) is 5.99. The molecular formula is C17H16ClN3S. The van der Waals surface area contributed by atoms with Crippen molar-refractivity contribution in [2.45, 2.75) is 0 Å². The Hall–Kier alpha value is -2.04. The van der Waals surface area contributed by atoms with Gasteiger partial charge in [0.2, 0.25) is 0 Å². The number of aromatic amines is 2. The van der Waals surface area contributed by atoms with Gasteiger partial charge in [-0.25, -0.2) is 0 Å². The summed E-state index contributed by atoms with van der Waals surface area (Å²) in [6, 6.07) is 16.1. The summed E-state index contributed by atoms with van der Waals surface area (Å²) in [5.74, 6) is 0. The highest BCUT2D eigenvalue weighted by Crippen LogP contribution is 2.31. The average Bonchev–Trinajstić information content (AvgIpc) is 2.90. The summed E-state index contributed by atoms with van der Waals surface area (Å²) in [6.07, 6.45) is 0. The lowest BCUT2D eigenvalue weighted by atomic mass is 10.0. The van der Waals surface area contributed by atoms with Crippen LogP contribution in [-0.4, -0.2) is 24.1 Å². The van der Waals surface area contributed by atoms with Crippen LogP contribution in [0.25, 0.3) is 22.5 Å². The molecule has 0 radical (unpaired) electrons. The molecule has 3 nitrogen and oxygen atoms in total. The maximum Gasteiger partial charge on any atom is 0.175 e. The largest absolute Gasteiger partial charge is 0.378 e. The molecule has 1 heterocycles. The fourth-order valence-electron chi connectivity index (χ4n) is 2.36. The Morgan fingerprint density at radius 3 is 1.73 bits per heavy atom. The summed E-state index contributed by atoms with van der Waals surface area (Å²) in [5, 5.41) is 0.717. The lowest BCUT2D eigenvalue weighted by molar-refractivity contribution is 1.13. The van der Waals surface area contributed by atoms with Crippen LogP contribution in [0.4, 0.5) is 5.69 Å². The zero-order valence-electron chi connectivity index (χ0n) is 12.4. The van der Waals surface area contributed by atoms with Crippen LogP contribution in [-0.2, 0) is 0 Å². The molecule has 0 atom stereocenters. The van der Waals surface area contributed by atoms with E-state index in [2.05, 4.69) is 39.1 Å². The van der Waals surface area contributed by atoms with E-state index in [1.807, 2.05) is 38.4 Å². The van der Waals surface area contributed by atoms with E-state index in [0.717, 1.165) is 33.2 Å². The molecule has 0 fully saturated rings. The van der Waals surface area contributed by atoms with Crippen molar-refractivity contribution in [1.29, 1.82) is 0 Å². The van der Waals surface area contributed by atoms with Crippen LogP contribution in [0.5, 0.6) is 0 Å². The van der Waals surface area contributed by atoms with Gasteiger partial charge in [0.15, 0.2) is 4.77 Å². The van der Waals surface area contributed by atoms with E-state index in [4.69, 9.17) is 23.8 Å². The number of nitrogens with one attached hydrogen (secondary N) is 2. The molecule has 0 aliphatic heterocycles. The van der Waals surface area contributed by atoms with E-state index in [1.54, 1.807) is 0 Å². The van der Waals surface area contributed by atoms with Crippen LogP contribution in [0.2, 0.25) is 5.02 Å². The first kappa shape index (κ1) is 14.9. The van der Waals surface area contributed by atoms with Crippen molar-refractivity contribution >= 4 is 29.5 Å². The van der Waals surface area contributed by atoms with Gasteiger partial charge in [0.05, 0.1) is 11.4 Å². The highest BCUT2D eigenvalue weighted by molar-refractivity contribution is 7.71. The Morgan fingerprint density at radius 1 is 0.818 bits per heavy atom. The molecule has 0 unspecified atom stereocenters. The van der Waals surface area contributed by atoms with Crippen molar-refractivity contribution in [1.82, 2.24) is 9.97 Å². The van der Waals surface area contributed by atoms with Gasteiger partial charge in [-0.15, -0.1) is 0 Å². The molecule has 0 aliphatic carbocycles. The highest BCUT2D eigenvalue weighted by atomic mass is 35.5. The van der Waals surface area contributed by atoms with E-state index < -0.39 is 0 Å². The lowest BCUT2D eigenvalue weighted by Crippen LogP contribution is -2.07. The van der Waals surface area contributed by atoms with Crippen LogP contribution in [0, 0.1) is 4.77 Å². The third-order valence-electron chi connectivity index (χ3n) is 3.53. The van der Waals surface area contributed by atoms with Gasteiger partial charge < -0.3 is 14.9 Å². The molecule has 0 bridgehead atoms.